The van der Waals surface area contributed by atoms with Gasteiger partial charge in [0, 0.05) is 6.61 Å². The lowest BCUT2D eigenvalue weighted by Crippen LogP contribution is -1.85. The molecule has 118 valence electrons. The van der Waals surface area contributed by atoms with Crippen molar-refractivity contribution in [3.63, 3.8) is 0 Å². The average Bonchev–Trinajstić information content (AvgIpc) is 2.39. The number of unbranched alkanes of at least 4 members (excludes halogenated alkanes) is 14. The summed E-state index contributed by atoms with van der Waals surface area (Å²) in [6.45, 7) is 2.65. The summed E-state index contributed by atoms with van der Waals surface area (Å²) < 4.78 is 0. The minimum atomic E-state index is 0. The van der Waals surface area contributed by atoms with Crippen LogP contribution in [0.4, 0.5) is 0 Å². The molecule has 3 N–H and O–H groups in total. The molecule has 0 radical (unpaired) electrons. The fraction of sp³-hybridized carbons (Fsp3) is 1.00. The number of aliphatic hydroxyl groups is 1. The van der Waals surface area contributed by atoms with E-state index in [4.69, 9.17) is 5.11 Å². The quantitative estimate of drug-likeness (QED) is 0.419. The summed E-state index contributed by atoms with van der Waals surface area (Å²) in [4.78, 5) is 0. The fourth-order valence-electron chi connectivity index (χ4n) is 2.48. The standard InChI is InChI=1S/C17H36O.H2O/c1-2-3-4-5-6-7-8-9-10-11-12-13-14-15-16-17-18;/h18H,2-17H2,1H3;1H2. The molecule has 0 spiro atoms. The highest BCUT2D eigenvalue weighted by Crippen LogP contribution is 2.13. The summed E-state index contributed by atoms with van der Waals surface area (Å²) in [5, 5.41) is 8.66. The Kier molecular flexibility index (Phi) is 22.6. The van der Waals surface area contributed by atoms with Crippen molar-refractivity contribution in [2.24, 2.45) is 0 Å². The highest BCUT2D eigenvalue weighted by molar-refractivity contribution is 4.49. The van der Waals surface area contributed by atoms with E-state index in [1.807, 2.05) is 0 Å². The molecule has 0 saturated heterocycles. The van der Waals surface area contributed by atoms with Crippen LogP contribution in [0.5, 0.6) is 0 Å². The van der Waals surface area contributed by atoms with Gasteiger partial charge in [-0.2, -0.15) is 0 Å². The fourth-order valence-corrected chi connectivity index (χ4v) is 2.48. The Bertz CT molecular complexity index is 121. The first-order chi connectivity index (χ1) is 8.91. The van der Waals surface area contributed by atoms with Gasteiger partial charge in [-0.25, -0.2) is 0 Å². The molecule has 2 nitrogen and oxygen atoms in total. The van der Waals surface area contributed by atoms with Crippen LogP contribution in [-0.2, 0) is 0 Å². The van der Waals surface area contributed by atoms with Crippen molar-refractivity contribution in [3.8, 4) is 0 Å². The van der Waals surface area contributed by atoms with Crippen molar-refractivity contribution in [1.29, 1.82) is 0 Å². The van der Waals surface area contributed by atoms with Gasteiger partial charge in [0.2, 0.25) is 0 Å². The zero-order valence-electron chi connectivity index (χ0n) is 13.3. The van der Waals surface area contributed by atoms with Crippen LogP contribution in [0.3, 0.4) is 0 Å². The second-order valence-corrected chi connectivity index (χ2v) is 5.67. The predicted molar refractivity (Wildman–Crippen MR) is 85.6 cm³/mol. The largest absolute Gasteiger partial charge is 0.412 e. The maximum Gasteiger partial charge on any atom is 0.0431 e. The van der Waals surface area contributed by atoms with Gasteiger partial charge in [0.05, 0.1) is 0 Å². The normalized spacial score (nSPS) is 10.4. The topological polar surface area (TPSA) is 51.7 Å². The lowest BCUT2D eigenvalue weighted by molar-refractivity contribution is 0.282. The molecule has 0 saturated carbocycles. The zero-order chi connectivity index (χ0) is 13.3. The van der Waals surface area contributed by atoms with Crippen molar-refractivity contribution in [1.82, 2.24) is 0 Å². The third kappa shape index (κ3) is 20.4. The molecule has 0 aromatic rings. The molecular weight excluding hydrogens is 236 g/mol. The van der Waals surface area contributed by atoms with E-state index in [0.717, 1.165) is 6.42 Å². The van der Waals surface area contributed by atoms with E-state index < -0.39 is 0 Å². The monoisotopic (exact) mass is 274 g/mol. The van der Waals surface area contributed by atoms with Crippen LogP contribution in [0.25, 0.3) is 0 Å². The van der Waals surface area contributed by atoms with Crippen LogP contribution < -0.4 is 0 Å². The Balaban J connectivity index is 0. The predicted octanol–water partition coefficient (Wildman–Crippen LogP) is 5.03. The van der Waals surface area contributed by atoms with E-state index in [0.29, 0.717) is 6.61 Å². The van der Waals surface area contributed by atoms with Crippen molar-refractivity contribution in [2.45, 2.75) is 103 Å². The van der Waals surface area contributed by atoms with Gasteiger partial charge in [-0.3, -0.25) is 0 Å². The van der Waals surface area contributed by atoms with Crippen molar-refractivity contribution in [3.05, 3.63) is 0 Å². The van der Waals surface area contributed by atoms with Crippen LogP contribution in [0.15, 0.2) is 0 Å². The summed E-state index contributed by atoms with van der Waals surface area (Å²) in [5.41, 5.74) is 0. The zero-order valence-corrected chi connectivity index (χ0v) is 13.3. The van der Waals surface area contributed by atoms with E-state index >= 15 is 0 Å². The third-order valence-corrected chi connectivity index (χ3v) is 3.76. The molecule has 0 amide bonds. The van der Waals surface area contributed by atoms with Gasteiger partial charge in [-0.1, -0.05) is 96.8 Å². The molecule has 2 heteroatoms. The maximum atomic E-state index is 8.66. The number of aliphatic hydroxyl groups excluding tert-OH is 1. The molecule has 0 aromatic carbocycles. The first kappa shape index (κ1) is 21.2. The number of hydrogen-bond acceptors (Lipinski definition) is 1. The second kappa shape index (κ2) is 20.2. The van der Waals surface area contributed by atoms with Crippen molar-refractivity contribution < 1.29 is 10.6 Å². The van der Waals surface area contributed by atoms with E-state index in [1.54, 1.807) is 0 Å². The summed E-state index contributed by atoms with van der Waals surface area (Å²) in [5.74, 6) is 0. The van der Waals surface area contributed by atoms with E-state index in [2.05, 4.69) is 6.92 Å². The molecular formula is C17H38O2. The Morgan fingerprint density at radius 3 is 1.00 bits per heavy atom. The molecule has 19 heavy (non-hydrogen) atoms. The molecule has 0 aliphatic carbocycles. The number of rotatable bonds is 15. The van der Waals surface area contributed by atoms with Gasteiger partial charge in [0.15, 0.2) is 0 Å². The van der Waals surface area contributed by atoms with Gasteiger partial charge < -0.3 is 10.6 Å². The minimum absolute atomic E-state index is 0. The Hall–Kier alpha value is -0.0800. The van der Waals surface area contributed by atoms with Crippen molar-refractivity contribution >= 4 is 0 Å². The molecule has 0 unspecified atom stereocenters. The third-order valence-electron chi connectivity index (χ3n) is 3.76. The first-order valence-electron chi connectivity index (χ1n) is 8.52. The van der Waals surface area contributed by atoms with Crippen LogP contribution >= 0.6 is 0 Å². The molecule has 0 aliphatic rings. The molecule has 0 rings (SSSR count). The van der Waals surface area contributed by atoms with Gasteiger partial charge in [-0.05, 0) is 6.42 Å². The Labute approximate surface area is 121 Å². The van der Waals surface area contributed by atoms with Gasteiger partial charge in [0.1, 0.15) is 0 Å². The Morgan fingerprint density at radius 2 is 0.737 bits per heavy atom. The van der Waals surface area contributed by atoms with Crippen LogP contribution in [0.2, 0.25) is 0 Å². The highest BCUT2D eigenvalue weighted by atomic mass is 16.2. The highest BCUT2D eigenvalue weighted by Gasteiger charge is 1.93. The van der Waals surface area contributed by atoms with E-state index in [1.165, 1.54) is 89.9 Å². The van der Waals surface area contributed by atoms with Crippen LogP contribution in [-0.4, -0.2) is 17.2 Å². The number of hydrogen-bond donors (Lipinski definition) is 1. The van der Waals surface area contributed by atoms with E-state index in [9.17, 15) is 0 Å². The average molecular weight is 274 g/mol. The summed E-state index contributed by atoms with van der Waals surface area (Å²) in [7, 11) is 0. The SMILES string of the molecule is CCCCCCCCCCCCCCCCCO.O. The Morgan fingerprint density at radius 1 is 0.474 bits per heavy atom. The minimum Gasteiger partial charge on any atom is -0.412 e. The molecule has 0 atom stereocenters. The second-order valence-electron chi connectivity index (χ2n) is 5.67. The smallest absolute Gasteiger partial charge is 0.0431 e. The van der Waals surface area contributed by atoms with Gasteiger partial charge >= 0.3 is 0 Å². The molecule has 0 bridgehead atoms. The van der Waals surface area contributed by atoms with E-state index in [-0.39, 0.29) is 5.48 Å². The van der Waals surface area contributed by atoms with Crippen LogP contribution in [0, 0.1) is 0 Å². The molecule has 0 fully saturated rings. The summed E-state index contributed by atoms with van der Waals surface area (Å²) >= 11 is 0. The first-order valence-corrected chi connectivity index (χ1v) is 8.52. The maximum absolute atomic E-state index is 8.66. The van der Waals surface area contributed by atoms with Crippen molar-refractivity contribution in [2.75, 3.05) is 6.61 Å². The molecule has 0 heterocycles. The van der Waals surface area contributed by atoms with Gasteiger partial charge in [-0.15, -0.1) is 0 Å². The summed E-state index contributed by atoms with van der Waals surface area (Å²) in [6, 6.07) is 0. The lowest BCUT2D eigenvalue weighted by Gasteiger charge is -2.02. The molecule has 0 aliphatic heterocycles. The lowest BCUT2D eigenvalue weighted by atomic mass is 10.0. The van der Waals surface area contributed by atoms with Gasteiger partial charge in [0.25, 0.3) is 0 Å². The van der Waals surface area contributed by atoms with Crippen LogP contribution in [0.1, 0.15) is 103 Å². The summed E-state index contributed by atoms with van der Waals surface area (Å²) in [6.07, 6.45) is 20.7. The molecule has 0 aromatic heterocycles.